The molecule has 0 aliphatic rings. The molecule has 2 aromatic heterocycles. The second-order valence-corrected chi connectivity index (χ2v) is 6.82. The molecular weight excluding hydrogens is 516 g/mol. The van der Waals surface area contributed by atoms with Crippen LogP contribution in [-0.4, -0.2) is 17.5 Å². The van der Waals surface area contributed by atoms with Crippen LogP contribution in [0.1, 0.15) is 23.7 Å². The summed E-state index contributed by atoms with van der Waals surface area (Å²) in [6, 6.07) is 9.01. The lowest BCUT2D eigenvalue weighted by Crippen LogP contribution is -2.36. The van der Waals surface area contributed by atoms with Crippen molar-refractivity contribution in [2.24, 2.45) is 4.99 Å². The molecule has 156 valence electrons. The van der Waals surface area contributed by atoms with Gasteiger partial charge in [-0.05, 0) is 36.1 Å². The fourth-order valence-corrected chi connectivity index (χ4v) is 3.09. The van der Waals surface area contributed by atoms with E-state index in [9.17, 15) is 13.2 Å². The zero-order valence-electron chi connectivity index (χ0n) is 15.5. The third-order valence-corrected chi connectivity index (χ3v) is 4.60. The van der Waals surface area contributed by atoms with Crippen LogP contribution in [0.15, 0.2) is 57.5 Å². The molecule has 0 unspecified atom stereocenters. The second kappa shape index (κ2) is 10.6. The quantitative estimate of drug-likeness (QED) is 0.255. The molecule has 3 rings (SSSR count). The Balaban J connectivity index is 0.00000300. The Morgan fingerprint density at radius 2 is 2.03 bits per heavy atom. The number of aliphatic imine (C=N–C) groups is 1. The molecule has 2 heterocycles. The highest BCUT2D eigenvalue weighted by atomic mass is 127. The number of alkyl halides is 3. The molecule has 5 nitrogen and oxygen atoms in total. The SMILES string of the molecule is CCNC(=NCc1cccc(C(F)(F)F)c1)NCc1coc(-c2cccs2)n1.I. The predicted molar refractivity (Wildman–Crippen MR) is 118 cm³/mol. The van der Waals surface area contributed by atoms with Gasteiger partial charge in [0.2, 0.25) is 5.89 Å². The molecule has 0 saturated heterocycles. The van der Waals surface area contributed by atoms with Crippen molar-refractivity contribution in [2.45, 2.75) is 26.2 Å². The first-order valence-electron chi connectivity index (χ1n) is 8.62. The maximum Gasteiger partial charge on any atom is 0.416 e. The van der Waals surface area contributed by atoms with Crippen LogP contribution in [0.25, 0.3) is 10.8 Å². The standard InChI is InChI=1S/C19H19F3N4OS.HI/c1-2-23-18(24-10-13-5-3-6-14(9-13)19(20,21)22)25-11-15-12-27-17(26-15)16-7-4-8-28-16;/h3-9,12H,2,10-11H2,1H3,(H2,23,24,25);1H. The Morgan fingerprint density at radius 1 is 1.21 bits per heavy atom. The molecule has 0 atom stereocenters. The molecule has 0 bridgehead atoms. The van der Waals surface area contributed by atoms with Crippen LogP contribution in [-0.2, 0) is 19.3 Å². The lowest BCUT2D eigenvalue weighted by molar-refractivity contribution is -0.137. The molecule has 10 heteroatoms. The van der Waals surface area contributed by atoms with Gasteiger partial charge in [0.1, 0.15) is 6.26 Å². The summed E-state index contributed by atoms with van der Waals surface area (Å²) in [7, 11) is 0. The van der Waals surface area contributed by atoms with Crippen LogP contribution in [0.4, 0.5) is 13.2 Å². The third-order valence-electron chi connectivity index (χ3n) is 3.74. The number of oxazole rings is 1. The van der Waals surface area contributed by atoms with E-state index in [-0.39, 0.29) is 30.5 Å². The number of hydrogen-bond acceptors (Lipinski definition) is 4. The van der Waals surface area contributed by atoms with Crippen LogP contribution in [0.5, 0.6) is 0 Å². The number of nitrogens with zero attached hydrogens (tertiary/aromatic N) is 2. The van der Waals surface area contributed by atoms with Crippen molar-refractivity contribution in [3.8, 4) is 10.8 Å². The number of benzene rings is 1. The maximum atomic E-state index is 12.8. The monoisotopic (exact) mass is 536 g/mol. The highest BCUT2D eigenvalue weighted by molar-refractivity contribution is 14.0. The number of aromatic nitrogens is 1. The Labute approximate surface area is 187 Å². The van der Waals surface area contributed by atoms with E-state index in [2.05, 4.69) is 20.6 Å². The van der Waals surface area contributed by atoms with Crippen molar-refractivity contribution in [3.05, 3.63) is 64.9 Å². The van der Waals surface area contributed by atoms with Crippen LogP contribution in [0.3, 0.4) is 0 Å². The molecule has 0 radical (unpaired) electrons. The molecule has 29 heavy (non-hydrogen) atoms. The molecule has 0 aliphatic carbocycles. The van der Waals surface area contributed by atoms with E-state index in [4.69, 9.17) is 4.42 Å². The molecule has 0 aliphatic heterocycles. The van der Waals surface area contributed by atoms with Crippen molar-refractivity contribution in [3.63, 3.8) is 0 Å². The summed E-state index contributed by atoms with van der Waals surface area (Å²) in [5.74, 6) is 1.04. The van der Waals surface area contributed by atoms with E-state index in [1.807, 2.05) is 24.4 Å². The van der Waals surface area contributed by atoms with E-state index in [1.165, 1.54) is 17.4 Å². The number of hydrogen-bond donors (Lipinski definition) is 2. The van der Waals surface area contributed by atoms with Gasteiger partial charge in [0.15, 0.2) is 5.96 Å². The zero-order chi connectivity index (χ0) is 20.0. The number of rotatable bonds is 6. The summed E-state index contributed by atoms with van der Waals surface area (Å²) in [5.41, 5.74) is 0.503. The number of guanidine groups is 1. The highest BCUT2D eigenvalue weighted by Crippen LogP contribution is 2.29. The highest BCUT2D eigenvalue weighted by Gasteiger charge is 2.30. The van der Waals surface area contributed by atoms with E-state index in [0.29, 0.717) is 36.2 Å². The summed E-state index contributed by atoms with van der Waals surface area (Å²) < 4.78 is 43.9. The first-order valence-corrected chi connectivity index (χ1v) is 9.50. The predicted octanol–water partition coefficient (Wildman–Crippen LogP) is 5.30. The van der Waals surface area contributed by atoms with Crippen LogP contribution in [0.2, 0.25) is 0 Å². The minimum absolute atomic E-state index is 0. The normalized spacial score (nSPS) is 11.8. The van der Waals surface area contributed by atoms with Crippen molar-refractivity contribution in [1.29, 1.82) is 0 Å². The average Bonchev–Trinajstić information content (AvgIpc) is 3.35. The molecule has 0 spiro atoms. The minimum Gasteiger partial charge on any atom is -0.443 e. The van der Waals surface area contributed by atoms with Gasteiger partial charge in [0.25, 0.3) is 0 Å². The van der Waals surface area contributed by atoms with Gasteiger partial charge in [-0.25, -0.2) is 9.98 Å². The minimum atomic E-state index is -4.37. The van der Waals surface area contributed by atoms with Crippen molar-refractivity contribution in [2.75, 3.05) is 6.54 Å². The summed E-state index contributed by atoms with van der Waals surface area (Å²) in [5, 5.41) is 8.12. The van der Waals surface area contributed by atoms with E-state index in [1.54, 1.807) is 12.3 Å². The Bertz CT molecular complexity index is 926. The van der Waals surface area contributed by atoms with Gasteiger partial charge in [-0.1, -0.05) is 18.2 Å². The number of thiophene rings is 1. The van der Waals surface area contributed by atoms with Gasteiger partial charge in [-0.2, -0.15) is 13.2 Å². The Hall–Kier alpha value is -2.08. The molecule has 2 N–H and O–H groups in total. The second-order valence-electron chi connectivity index (χ2n) is 5.87. The van der Waals surface area contributed by atoms with Crippen molar-refractivity contribution < 1.29 is 17.6 Å². The largest absolute Gasteiger partial charge is 0.443 e. The first kappa shape index (κ1) is 23.2. The third kappa shape index (κ3) is 6.74. The van der Waals surface area contributed by atoms with Gasteiger partial charge < -0.3 is 15.1 Å². The summed E-state index contributed by atoms with van der Waals surface area (Å²) in [6.45, 7) is 3.03. The maximum absolute atomic E-state index is 12.8. The van der Waals surface area contributed by atoms with Crippen molar-refractivity contribution >= 4 is 41.3 Å². The molecule has 3 aromatic rings. The fourth-order valence-electron chi connectivity index (χ4n) is 2.43. The van der Waals surface area contributed by atoms with Gasteiger partial charge in [0.05, 0.1) is 29.2 Å². The average molecular weight is 536 g/mol. The Kier molecular flexibility index (Phi) is 8.50. The number of nitrogens with one attached hydrogen (secondary N) is 2. The van der Waals surface area contributed by atoms with Gasteiger partial charge in [-0.15, -0.1) is 35.3 Å². The van der Waals surface area contributed by atoms with Crippen LogP contribution < -0.4 is 10.6 Å². The topological polar surface area (TPSA) is 62.5 Å². The molecule has 1 aromatic carbocycles. The van der Waals surface area contributed by atoms with Crippen LogP contribution >= 0.6 is 35.3 Å². The van der Waals surface area contributed by atoms with Crippen LogP contribution in [0, 0.1) is 0 Å². The molecule has 0 amide bonds. The lowest BCUT2D eigenvalue weighted by atomic mass is 10.1. The van der Waals surface area contributed by atoms with E-state index < -0.39 is 11.7 Å². The molecule has 0 fully saturated rings. The zero-order valence-corrected chi connectivity index (χ0v) is 18.6. The lowest BCUT2D eigenvalue weighted by Gasteiger charge is -2.11. The van der Waals surface area contributed by atoms with Crippen molar-refractivity contribution in [1.82, 2.24) is 15.6 Å². The first-order chi connectivity index (χ1) is 13.5. The van der Waals surface area contributed by atoms with E-state index >= 15 is 0 Å². The summed E-state index contributed by atoms with van der Waals surface area (Å²) >= 11 is 1.54. The molecular formula is C19H20F3IN4OS. The van der Waals surface area contributed by atoms with Gasteiger partial charge >= 0.3 is 6.18 Å². The van der Waals surface area contributed by atoms with E-state index in [0.717, 1.165) is 17.0 Å². The Morgan fingerprint density at radius 3 is 2.72 bits per heavy atom. The summed E-state index contributed by atoms with van der Waals surface area (Å²) in [6.07, 6.45) is -2.80. The smallest absolute Gasteiger partial charge is 0.416 e. The van der Waals surface area contributed by atoms with Gasteiger partial charge in [0, 0.05) is 6.54 Å². The fraction of sp³-hybridized carbons (Fsp3) is 0.263. The summed E-state index contributed by atoms with van der Waals surface area (Å²) in [4.78, 5) is 9.71. The number of halogens is 4. The molecule has 0 saturated carbocycles. The van der Waals surface area contributed by atoms with Gasteiger partial charge in [-0.3, -0.25) is 0 Å².